The van der Waals surface area contributed by atoms with Gasteiger partial charge in [-0.1, -0.05) is 29.8 Å². The minimum Gasteiger partial charge on any atom is -0.494 e. The van der Waals surface area contributed by atoms with Crippen molar-refractivity contribution >= 4 is 35.0 Å². The van der Waals surface area contributed by atoms with E-state index in [0.717, 1.165) is 28.3 Å². The molecule has 3 aromatic carbocycles. The molecule has 1 aliphatic heterocycles. The van der Waals surface area contributed by atoms with Crippen molar-refractivity contribution in [3.05, 3.63) is 89.5 Å². The molecule has 6 heteroatoms. The summed E-state index contributed by atoms with van der Waals surface area (Å²) in [5.41, 5.74) is 4.31. The Hall–Kier alpha value is -3.25. The van der Waals surface area contributed by atoms with E-state index in [0.29, 0.717) is 17.9 Å². The van der Waals surface area contributed by atoms with Gasteiger partial charge in [-0.2, -0.15) is 0 Å². The van der Waals surface area contributed by atoms with E-state index in [-0.39, 0.29) is 17.2 Å². The Balaban J connectivity index is 1.48. The SMILES string of the molecule is CCOc1ccc(N2C(=O)CS[C@@H]2c2ccc(NC(=O)c3ccc(C)cc3)cc2)cc1. The van der Waals surface area contributed by atoms with Gasteiger partial charge in [0.1, 0.15) is 11.1 Å². The number of amides is 2. The first-order chi connectivity index (χ1) is 15.0. The third kappa shape index (κ3) is 4.75. The summed E-state index contributed by atoms with van der Waals surface area (Å²) in [4.78, 5) is 26.8. The van der Waals surface area contributed by atoms with Crippen molar-refractivity contribution in [1.82, 2.24) is 0 Å². The molecule has 158 valence electrons. The molecular weight excluding hydrogens is 408 g/mol. The molecule has 2 amide bonds. The summed E-state index contributed by atoms with van der Waals surface area (Å²) in [7, 11) is 0. The van der Waals surface area contributed by atoms with Crippen molar-refractivity contribution in [1.29, 1.82) is 0 Å². The molecule has 31 heavy (non-hydrogen) atoms. The van der Waals surface area contributed by atoms with Crippen molar-refractivity contribution in [2.45, 2.75) is 19.2 Å². The van der Waals surface area contributed by atoms with Crippen LogP contribution in [0.4, 0.5) is 11.4 Å². The number of carbonyl (C=O) groups is 2. The Bertz CT molecular complexity index is 1060. The van der Waals surface area contributed by atoms with Gasteiger partial charge in [0.2, 0.25) is 5.91 Å². The van der Waals surface area contributed by atoms with Crippen molar-refractivity contribution in [2.24, 2.45) is 0 Å². The first kappa shape index (κ1) is 21.0. The number of thioether (sulfide) groups is 1. The highest BCUT2D eigenvalue weighted by Crippen LogP contribution is 2.42. The summed E-state index contributed by atoms with van der Waals surface area (Å²) in [6, 6.07) is 22.7. The molecule has 0 bridgehead atoms. The van der Waals surface area contributed by atoms with E-state index in [1.54, 1.807) is 11.8 Å². The average molecular weight is 433 g/mol. The Labute approximate surface area is 186 Å². The predicted octanol–water partition coefficient (Wildman–Crippen LogP) is 5.42. The molecule has 0 saturated carbocycles. The lowest BCUT2D eigenvalue weighted by molar-refractivity contribution is -0.115. The fraction of sp³-hybridized carbons (Fsp3) is 0.200. The van der Waals surface area contributed by atoms with Crippen LogP contribution in [0.3, 0.4) is 0 Å². The van der Waals surface area contributed by atoms with Crippen molar-refractivity contribution in [3.63, 3.8) is 0 Å². The summed E-state index contributed by atoms with van der Waals surface area (Å²) in [6.45, 7) is 4.54. The van der Waals surface area contributed by atoms with Gasteiger partial charge in [0.05, 0.1) is 12.4 Å². The van der Waals surface area contributed by atoms with E-state index >= 15 is 0 Å². The topological polar surface area (TPSA) is 58.6 Å². The van der Waals surface area contributed by atoms with Crippen LogP contribution in [0, 0.1) is 6.92 Å². The second-order valence-corrected chi connectivity index (χ2v) is 8.36. The third-order valence-corrected chi connectivity index (χ3v) is 6.27. The molecule has 1 aliphatic rings. The van der Waals surface area contributed by atoms with Crippen molar-refractivity contribution in [3.8, 4) is 5.75 Å². The van der Waals surface area contributed by atoms with Crippen LogP contribution < -0.4 is 15.0 Å². The minimum atomic E-state index is -0.144. The molecule has 4 rings (SSSR count). The Morgan fingerprint density at radius 2 is 1.71 bits per heavy atom. The zero-order valence-corrected chi connectivity index (χ0v) is 18.3. The lowest BCUT2D eigenvalue weighted by Gasteiger charge is -2.24. The van der Waals surface area contributed by atoms with Gasteiger partial charge in [0, 0.05) is 16.9 Å². The van der Waals surface area contributed by atoms with Gasteiger partial charge in [-0.25, -0.2) is 0 Å². The molecule has 0 aliphatic carbocycles. The number of aryl methyl sites for hydroxylation is 1. The quantitative estimate of drug-likeness (QED) is 0.565. The van der Waals surface area contributed by atoms with Crippen LogP contribution in [0.15, 0.2) is 72.8 Å². The molecular formula is C25H24N2O3S. The fourth-order valence-corrected chi connectivity index (χ4v) is 4.64. The maximum atomic E-state index is 12.6. The minimum absolute atomic E-state index is 0.0795. The summed E-state index contributed by atoms with van der Waals surface area (Å²) in [5.74, 6) is 1.16. The van der Waals surface area contributed by atoms with E-state index < -0.39 is 0 Å². The molecule has 1 fully saturated rings. The van der Waals surface area contributed by atoms with Gasteiger partial charge in [0.15, 0.2) is 0 Å². The highest BCUT2D eigenvalue weighted by molar-refractivity contribution is 8.00. The average Bonchev–Trinajstić information content (AvgIpc) is 3.17. The van der Waals surface area contributed by atoms with Crippen LogP contribution in [0.1, 0.15) is 33.8 Å². The van der Waals surface area contributed by atoms with E-state index in [9.17, 15) is 9.59 Å². The van der Waals surface area contributed by atoms with Crippen LogP contribution in [0.2, 0.25) is 0 Å². The molecule has 0 radical (unpaired) electrons. The molecule has 0 unspecified atom stereocenters. The number of hydrogen-bond acceptors (Lipinski definition) is 4. The first-order valence-electron chi connectivity index (χ1n) is 10.2. The molecule has 0 aromatic heterocycles. The van der Waals surface area contributed by atoms with Crippen molar-refractivity contribution in [2.75, 3.05) is 22.6 Å². The van der Waals surface area contributed by atoms with Crippen LogP contribution in [-0.2, 0) is 4.79 Å². The second kappa shape index (κ2) is 9.27. The predicted molar refractivity (Wildman–Crippen MR) is 126 cm³/mol. The van der Waals surface area contributed by atoms with E-state index in [2.05, 4.69) is 5.32 Å². The molecule has 3 aromatic rings. The first-order valence-corrected chi connectivity index (χ1v) is 11.2. The van der Waals surface area contributed by atoms with Crippen LogP contribution in [0.25, 0.3) is 0 Å². The summed E-state index contributed by atoms with van der Waals surface area (Å²) < 4.78 is 5.50. The van der Waals surface area contributed by atoms with Gasteiger partial charge in [-0.05, 0) is 67.9 Å². The molecule has 1 heterocycles. The monoisotopic (exact) mass is 432 g/mol. The maximum Gasteiger partial charge on any atom is 0.255 e. The summed E-state index contributed by atoms with van der Waals surface area (Å²) >= 11 is 1.60. The Kier molecular flexibility index (Phi) is 6.28. The number of rotatable bonds is 6. The number of carbonyl (C=O) groups excluding carboxylic acids is 2. The highest BCUT2D eigenvalue weighted by Gasteiger charge is 2.34. The Morgan fingerprint density at radius 1 is 1.03 bits per heavy atom. The van der Waals surface area contributed by atoms with Gasteiger partial charge >= 0.3 is 0 Å². The number of ether oxygens (including phenoxy) is 1. The number of hydrogen-bond donors (Lipinski definition) is 1. The molecule has 5 nitrogen and oxygen atoms in total. The van der Waals surface area contributed by atoms with Crippen molar-refractivity contribution < 1.29 is 14.3 Å². The summed E-state index contributed by atoms with van der Waals surface area (Å²) in [5, 5.41) is 2.82. The summed E-state index contributed by atoms with van der Waals surface area (Å²) in [6.07, 6.45) is 0. The van der Waals surface area contributed by atoms with E-state index in [4.69, 9.17) is 4.74 Å². The Morgan fingerprint density at radius 3 is 2.35 bits per heavy atom. The third-order valence-electron chi connectivity index (χ3n) is 5.06. The lowest BCUT2D eigenvalue weighted by Crippen LogP contribution is -2.27. The lowest BCUT2D eigenvalue weighted by atomic mass is 10.1. The molecule has 1 N–H and O–H groups in total. The second-order valence-electron chi connectivity index (χ2n) is 7.30. The normalized spacial score (nSPS) is 15.7. The zero-order valence-electron chi connectivity index (χ0n) is 17.5. The van der Waals surface area contributed by atoms with Crippen LogP contribution in [-0.4, -0.2) is 24.2 Å². The standard InChI is InChI=1S/C25H24N2O3S/c1-3-30-22-14-12-21(13-15-22)27-23(28)16-31-25(27)19-8-10-20(11-9-19)26-24(29)18-6-4-17(2)5-7-18/h4-15,25H,3,16H2,1-2H3,(H,26,29)/t25-/m1/s1. The van der Waals surface area contributed by atoms with E-state index in [1.807, 2.05) is 91.5 Å². The van der Waals surface area contributed by atoms with Gasteiger partial charge in [-0.3, -0.25) is 14.5 Å². The molecule has 0 spiro atoms. The molecule has 1 saturated heterocycles. The zero-order chi connectivity index (χ0) is 21.8. The van der Waals surface area contributed by atoms with Gasteiger partial charge in [0.25, 0.3) is 5.91 Å². The highest BCUT2D eigenvalue weighted by atomic mass is 32.2. The van der Waals surface area contributed by atoms with Crippen LogP contribution in [0.5, 0.6) is 5.75 Å². The maximum absolute atomic E-state index is 12.6. The number of anilines is 2. The van der Waals surface area contributed by atoms with Crippen LogP contribution >= 0.6 is 11.8 Å². The van der Waals surface area contributed by atoms with E-state index in [1.165, 1.54) is 0 Å². The van der Waals surface area contributed by atoms with Gasteiger partial charge in [-0.15, -0.1) is 11.8 Å². The smallest absolute Gasteiger partial charge is 0.255 e. The molecule has 1 atom stereocenters. The fourth-order valence-electron chi connectivity index (χ4n) is 3.46. The number of nitrogens with one attached hydrogen (secondary N) is 1. The number of nitrogens with zero attached hydrogens (tertiary/aromatic N) is 1. The number of benzene rings is 3. The van der Waals surface area contributed by atoms with Gasteiger partial charge < -0.3 is 10.1 Å². The largest absolute Gasteiger partial charge is 0.494 e.